The summed E-state index contributed by atoms with van der Waals surface area (Å²) in [6.45, 7) is 4.23. The Labute approximate surface area is 165 Å². The summed E-state index contributed by atoms with van der Waals surface area (Å²) in [7, 11) is 0. The number of thioether (sulfide) groups is 1. The van der Waals surface area contributed by atoms with Crippen LogP contribution in [0, 0.1) is 12.8 Å². The fraction of sp³-hybridized carbons (Fsp3) is 0.350. The Morgan fingerprint density at radius 3 is 2.81 bits per heavy atom. The molecule has 140 valence electrons. The number of carboxylic acid groups (broad SMARTS) is 1. The molecule has 0 saturated carbocycles. The highest BCUT2D eigenvalue weighted by Gasteiger charge is 2.25. The Kier molecular flexibility index (Phi) is 4.82. The van der Waals surface area contributed by atoms with Gasteiger partial charge >= 0.3 is 5.97 Å². The highest BCUT2D eigenvalue weighted by atomic mass is 32.2. The van der Waals surface area contributed by atoms with Crippen LogP contribution in [-0.2, 0) is 17.6 Å². The van der Waals surface area contributed by atoms with Gasteiger partial charge in [-0.3, -0.25) is 14.2 Å². The third kappa shape index (κ3) is 3.41. The SMILES string of the molecule is Cc1ccc(-n2c(SCC(=O)O)nc3sc4c(c3c2=O)CCC(C)C4)cc1. The molecule has 0 radical (unpaired) electrons. The second kappa shape index (κ2) is 7.13. The van der Waals surface area contributed by atoms with Crippen molar-refractivity contribution in [1.82, 2.24) is 9.55 Å². The minimum atomic E-state index is -0.927. The van der Waals surface area contributed by atoms with Crippen LogP contribution in [0.5, 0.6) is 0 Å². The second-order valence-electron chi connectivity index (χ2n) is 7.08. The lowest BCUT2D eigenvalue weighted by Gasteiger charge is -2.17. The first-order valence-electron chi connectivity index (χ1n) is 8.93. The predicted molar refractivity (Wildman–Crippen MR) is 110 cm³/mol. The van der Waals surface area contributed by atoms with E-state index in [-0.39, 0.29) is 11.3 Å². The third-order valence-corrected chi connectivity index (χ3v) is 6.99. The molecule has 2 heterocycles. The van der Waals surface area contributed by atoms with Gasteiger partial charge in [0.15, 0.2) is 5.16 Å². The average molecular weight is 401 g/mol. The van der Waals surface area contributed by atoms with Crippen molar-refractivity contribution in [2.24, 2.45) is 5.92 Å². The van der Waals surface area contributed by atoms with Gasteiger partial charge in [0.2, 0.25) is 0 Å². The van der Waals surface area contributed by atoms with Gasteiger partial charge < -0.3 is 5.11 Å². The molecule has 5 nitrogen and oxygen atoms in total. The standard InChI is InChI=1S/C20H20N2O3S2/c1-11-3-6-13(7-4-11)22-19(25)17-14-8-5-12(2)9-15(14)27-18(17)21-20(22)26-10-16(23)24/h3-4,6-7,12H,5,8-10H2,1-2H3,(H,23,24). The van der Waals surface area contributed by atoms with Crippen LogP contribution >= 0.6 is 23.1 Å². The van der Waals surface area contributed by atoms with E-state index in [9.17, 15) is 9.59 Å². The van der Waals surface area contributed by atoms with Crippen LogP contribution in [0.3, 0.4) is 0 Å². The van der Waals surface area contributed by atoms with E-state index in [0.717, 1.165) is 52.7 Å². The number of carboxylic acids is 1. The monoisotopic (exact) mass is 400 g/mol. The van der Waals surface area contributed by atoms with Gasteiger partial charge in [0, 0.05) is 4.88 Å². The summed E-state index contributed by atoms with van der Waals surface area (Å²) in [5.74, 6) is -0.443. The molecule has 7 heteroatoms. The fourth-order valence-electron chi connectivity index (χ4n) is 3.52. The Hall–Kier alpha value is -2.12. The number of benzene rings is 1. The van der Waals surface area contributed by atoms with Crippen molar-refractivity contribution in [3.63, 3.8) is 0 Å². The molecule has 1 aromatic carbocycles. The first-order chi connectivity index (χ1) is 12.9. The molecule has 1 N–H and O–H groups in total. The topological polar surface area (TPSA) is 72.2 Å². The van der Waals surface area contributed by atoms with Gasteiger partial charge in [-0.2, -0.15) is 0 Å². The van der Waals surface area contributed by atoms with E-state index in [2.05, 4.69) is 6.92 Å². The number of rotatable bonds is 4. The molecule has 0 aliphatic heterocycles. The number of hydrogen-bond donors (Lipinski definition) is 1. The number of carbonyl (C=O) groups is 1. The Morgan fingerprint density at radius 1 is 1.37 bits per heavy atom. The maximum atomic E-state index is 13.5. The van der Waals surface area contributed by atoms with Crippen molar-refractivity contribution < 1.29 is 9.90 Å². The fourth-order valence-corrected chi connectivity index (χ4v) is 5.67. The number of aliphatic carboxylic acids is 1. The number of hydrogen-bond acceptors (Lipinski definition) is 5. The van der Waals surface area contributed by atoms with E-state index in [1.807, 2.05) is 31.2 Å². The van der Waals surface area contributed by atoms with Crippen molar-refractivity contribution >= 4 is 39.3 Å². The van der Waals surface area contributed by atoms with E-state index in [0.29, 0.717) is 16.5 Å². The average Bonchev–Trinajstić information content (AvgIpc) is 2.98. The van der Waals surface area contributed by atoms with Gasteiger partial charge in [0.1, 0.15) is 4.83 Å². The molecule has 1 aliphatic rings. The summed E-state index contributed by atoms with van der Waals surface area (Å²) in [4.78, 5) is 31.2. The summed E-state index contributed by atoms with van der Waals surface area (Å²) >= 11 is 2.68. The zero-order valence-corrected chi connectivity index (χ0v) is 16.8. The number of fused-ring (bicyclic) bond motifs is 3. The number of thiophene rings is 1. The maximum absolute atomic E-state index is 13.5. The second-order valence-corrected chi connectivity index (χ2v) is 9.11. The smallest absolute Gasteiger partial charge is 0.313 e. The number of aryl methyl sites for hydroxylation is 2. The lowest BCUT2D eigenvalue weighted by atomic mass is 9.89. The van der Waals surface area contributed by atoms with Gasteiger partial charge in [-0.05, 0) is 49.8 Å². The zero-order chi connectivity index (χ0) is 19.1. The summed E-state index contributed by atoms with van der Waals surface area (Å²) in [5.41, 5.74) is 2.87. The lowest BCUT2D eigenvalue weighted by Crippen LogP contribution is -2.23. The van der Waals surface area contributed by atoms with Crippen LogP contribution in [0.4, 0.5) is 0 Å². The molecule has 4 rings (SSSR count). The van der Waals surface area contributed by atoms with Gasteiger partial charge in [-0.1, -0.05) is 36.4 Å². The minimum Gasteiger partial charge on any atom is -0.481 e. The third-order valence-electron chi connectivity index (χ3n) is 4.92. The molecule has 0 spiro atoms. The van der Waals surface area contributed by atoms with Crippen LogP contribution in [0.2, 0.25) is 0 Å². The van der Waals surface area contributed by atoms with Crippen molar-refractivity contribution in [3.8, 4) is 5.69 Å². The van der Waals surface area contributed by atoms with Crippen molar-refractivity contribution in [2.45, 2.75) is 38.3 Å². The van der Waals surface area contributed by atoms with Crippen LogP contribution in [-0.4, -0.2) is 26.4 Å². The molecule has 2 aromatic heterocycles. The largest absolute Gasteiger partial charge is 0.481 e. The van der Waals surface area contributed by atoms with E-state index in [1.54, 1.807) is 15.9 Å². The van der Waals surface area contributed by atoms with Crippen LogP contribution in [0.1, 0.15) is 29.3 Å². The van der Waals surface area contributed by atoms with E-state index in [4.69, 9.17) is 10.1 Å². The molecule has 27 heavy (non-hydrogen) atoms. The van der Waals surface area contributed by atoms with Crippen LogP contribution < -0.4 is 5.56 Å². The van der Waals surface area contributed by atoms with Gasteiger partial charge in [0.05, 0.1) is 16.8 Å². The number of aromatic nitrogens is 2. The first kappa shape index (κ1) is 18.3. The molecular weight excluding hydrogens is 380 g/mol. The molecule has 1 atom stereocenters. The van der Waals surface area contributed by atoms with Crippen molar-refractivity contribution in [1.29, 1.82) is 0 Å². The zero-order valence-electron chi connectivity index (χ0n) is 15.2. The Morgan fingerprint density at radius 2 is 2.11 bits per heavy atom. The van der Waals surface area contributed by atoms with E-state index >= 15 is 0 Å². The summed E-state index contributed by atoms with van der Waals surface area (Å²) in [5, 5.41) is 10.2. The maximum Gasteiger partial charge on any atom is 0.313 e. The summed E-state index contributed by atoms with van der Waals surface area (Å²) in [6, 6.07) is 7.66. The van der Waals surface area contributed by atoms with Crippen molar-refractivity contribution in [3.05, 3.63) is 50.6 Å². The molecule has 3 aromatic rings. The molecular formula is C20H20N2O3S2. The van der Waals surface area contributed by atoms with Gasteiger partial charge in [-0.15, -0.1) is 11.3 Å². The Balaban J connectivity index is 1.96. The predicted octanol–water partition coefficient (Wildman–Crippen LogP) is 4.06. The molecule has 0 saturated heterocycles. The molecule has 1 unspecified atom stereocenters. The van der Waals surface area contributed by atoms with Crippen LogP contribution in [0.25, 0.3) is 15.9 Å². The van der Waals surface area contributed by atoms with E-state index < -0.39 is 5.97 Å². The molecule has 1 aliphatic carbocycles. The minimum absolute atomic E-state index is 0.0937. The lowest BCUT2D eigenvalue weighted by molar-refractivity contribution is -0.133. The first-order valence-corrected chi connectivity index (χ1v) is 10.7. The van der Waals surface area contributed by atoms with E-state index in [1.165, 1.54) is 4.88 Å². The van der Waals surface area contributed by atoms with Crippen LogP contribution in [0.15, 0.2) is 34.2 Å². The summed E-state index contributed by atoms with van der Waals surface area (Å²) < 4.78 is 1.57. The van der Waals surface area contributed by atoms with Gasteiger partial charge in [0.25, 0.3) is 5.56 Å². The molecule has 0 amide bonds. The van der Waals surface area contributed by atoms with Crippen molar-refractivity contribution in [2.75, 3.05) is 5.75 Å². The molecule has 0 bridgehead atoms. The van der Waals surface area contributed by atoms with Gasteiger partial charge in [-0.25, -0.2) is 4.98 Å². The highest BCUT2D eigenvalue weighted by Crippen LogP contribution is 2.37. The Bertz CT molecular complexity index is 1080. The normalized spacial score (nSPS) is 16.4. The highest BCUT2D eigenvalue weighted by molar-refractivity contribution is 7.99. The molecule has 0 fully saturated rings. The number of nitrogens with zero attached hydrogens (tertiary/aromatic N) is 2. The summed E-state index contributed by atoms with van der Waals surface area (Å²) in [6.07, 6.45) is 2.97. The quantitative estimate of drug-likeness (QED) is 0.528.